The van der Waals surface area contributed by atoms with E-state index in [2.05, 4.69) is 5.32 Å². The number of allylic oxidation sites excluding steroid dienone is 3. The first-order chi connectivity index (χ1) is 16.0. The first kappa shape index (κ1) is 22.8. The second kappa shape index (κ2) is 10.0. The second-order valence-electron chi connectivity index (χ2n) is 8.30. The number of ketones is 1. The summed E-state index contributed by atoms with van der Waals surface area (Å²) >= 11 is 0. The van der Waals surface area contributed by atoms with Crippen LogP contribution in [-0.4, -0.2) is 39.2 Å². The van der Waals surface area contributed by atoms with Crippen LogP contribution < -0.4 is 10.1 Å². The van der Waals surface area contributed by atoms with E-state index in [0.717, 1.165) is 22.6 Å². The van der Waals surface area contributed by atoms with Crippen molar-refractivity contribution >= 4 is 11.8 Å². The molecule has 1 N–H and O–H groups in total. The predicted molar refractivity (Wildman–Crippen MR) is 125 cm³/mol. The molecule has 0 bridgehead atoms. The van der Waals surface area contributed by atoms with Crippen molar-refractivity contribution in [1.82, 2.24) is 5.32 Å². The normalized spacial score (nSPS) is 20.3. The molecular weight excluding hydrogens is 418 g/mol. The fourth-order valence-corrected chi connectivity index (χ4v) is 4.81. The third-order valence-electron chi connectivity index (χ3n) is 6.28. The maximum Gasteiger partial charge on any atom is 0.336 e. The van der Waals surface area contributed by atoms with E-state index in [0.29, 0.717) is 36.3 Å². The number of benzene rings is 2. The highest BCUT2D eigenvalue weighted by molar-refractivity contribution is 6.04. The molecule has 4 rings (SSSR count). The van der Waals surface area contributed by atoms with Crippen molar-refractivity contribution in [1.29, 1.82) is 0 Å². The number of methoxy groups -OCH3 is 2. The highest BCUT2D eigenvalue weighted by Gasteiger charge is 2.41. The molecule has 172 valence electrons. The van der Waals surface area contributed by atoms with Gasteiger partial charge in [-0.05, 0) is 30.5 Å². The van der Waals surface area contributed by atoms with Crippen molar-refractivity contribution in [3.8, 4) is 5.75 Å². The number of rotatable bonds is 7. The number of hydrogen-bond donors (Lipinski definition) is 1. The van der Waals surface area contributed by atoms with Gasteiger partial charge in [0.2, 0.25) is 0 Å². The molecule has 1 aliphatic carbocycles. The zero-order chi connectivity index (χ0) is 23.4. The van der Waals surface area contributed by atoms with Crippen LogP contribution in [0.2, 0.25) is 0 Å². The Morgan fingerprint density at radius 2 is 1.73 bits per heavy atom. The number of Topliss-reactive ketones (excluding diaryl/α,β-unsaturated/α-hetero) is 1. The quantitative estimate of drug-likeness (QED) is 0.505. The molecule has 2 aromatic rings. The highest BCUT2D eigenvalue weighted by Crippen LogP contribution is 2.46. The zero-order valence-corrected chi connectivity index (χ0v) is 19.2. The van der Waals surface area contributed by atoms with Crippen molar-refractivity contribution < 1.29 is 23.8 Å². The van der Waals surface area contributed by atoms with Gasteiger partial charge in [-0.3, -0.25) is 4.79 Å². The summed E-state index contributed by atoms with van der Waals surface area (Å²) in [5.41, 5.74) is 4.61. The molecule has 6 heteroatoms. The van der Waals surface area contributed by atoms with Crippen LogP contribution in [0.4, 0.5) is 0 Å². The molecular formula is C27H29NO5. The van der Waals surface area contributed by atoms with Gasteiger partial charge in [0.15, 0.2) is 5.78 Å². The molecule has 2 atom stereocenters. The minimum Gasteiger partial charge on any atom is -0.496 e. The fraction of sp³-hybridized carbons (Fsp3) is 0.333. The molecule has 0 fully saturated rings. The van der Waals surface area contributed by atoms with Gasteiger partial charge in [0.1, 0.15) is 12.4 Å². The molecule has 0 amide bonds. The van der Waals surface area contributed by atoms with E-state index in [1.54, 1.807) is 14.2 Å². The van der Waals surface area contributed by atoms with Crippen LogP contribution in [0.25, 0.3) is 0 Å². The number of esters is 1. The Hall–Kier alpha value is -3.38. The highest BCUT2D eigenvalue weighted by atomic mass is 16.6. The van der Waals surface area contributed by atoms with Gasteiger partial charge in [0.25, 0.3) is 0 Å². The number of carbonyl (C=O) groups excluding carboxylic acids is 2. The standard InChI is InChI=1S/C27H29NO5/c1-17-24(27(30)33-14-13-31-2)25(18-9-5-4-6-10-18)26-21(28-17)15-19(16-22(26)29)20-11-7-8-12-23(20)32-3/h4-12,19,25,28H,13-16H2,1-3H3. The molecule has 0 saturated carbocycles. The van der Waals surface area contributed by atoms with Crippen LogP contribution in [0, 0.1) is 0 Å². The first-order valence-corrected chi connectivity index (χ1v) is 11.1. The van der Waals surface area contributed by atoms with E-state index >= 15 is 0 Å². The Kier molecular flexibility index (Phi) is 6.94. The summed E-state index contributed by atoms with van der Waals surface area (Å²) in [5, 5.41) is 3.37. The Balaban J connectivity index is 1.74. The molecule has 0 radical (unpaired) electrons. The van der Waals surface area contributed by atoms with Crippen molar-refractivity contribution in [2.45, 2.75) is 31.6 Å². The number of ether oxygens (including phenoxy) is 3. The fourth-order valence-electron chi connectivity index (χ4n) is 4.81. The van der Waals surface area contributed by atoms with Gasteiger partial charge in [-0.25, -0.2) is 4.79 Å². The lowest BCUT2D eigenvalue weighted by molar-refractivity contribution is -0.140. The number of dihydropyridines is 1. The Morgan fingerprint density at radius 3 is 2.45 bits per heavy atom. The van der Waals surface area contributed by atoms with Gasteiger partial charge in [-0.15, -0.1) is 0 Å². The Bertz CT molecular complexity index is 1100. The summed E-state index contributed by atoms with van der Waals surface area (Å²) < 4.78 is 16.0. The van der Waals surface area contributed by atoms with Gasteiger partial charge in [0.05, 0.1) is 19.3 Å². The Labute approximate surface area is 194 Å². The predicted octanol–water partition coefficient (Wildman–Crippen LogP) is 4.25. The number of nitrogens with one attached hydrogen (secondary N) is 1. The number of hydrogen-bond acceptors (Lipinski definition) is 6. The van der Waals surface area contributed by atoms with E-state index in [4.69, 9.17) is 14.2 Å². The minimum absolute atomic E-state index is 0.000622. The van der Waals surface area contributed by atoms with Crippen LogP contribution in [-0.2, 0) is 19.1 Å². The summed E-state index contributed by atoms with van der Waals surface area (Å²) in [7, 11) is 3.20. The van der Waals surface area contributed by atoms with E-state index in [1.807, 2.05) is 61.5 Å². The lowest BCUT2D eigenvalue weighted by Gasteiger charge is -2.37. The minimum atomic E-state index is -0.469. The van der Waals surface area contributed by atoms with Crippen LogP contribution in [0.5, 0.6) is 5.75 Å². The van der Waals surface area contributed by atoms with Crippen LogP contribution >= 0.6 is 0 Å². The van der Waals surface area contributed by atoms with E-state index < -0.39 is 11.9 Å². The van der Waals surface area contributed by atoms with Gasteiger partial charge < -0.3 is 19.5 Å². The van der Waals surface area contributed by atoms with Crippen LogP contribution in [0.1, 0.15) is 42.7 Å². The SMILES string of the molecule is COCCOC(=O)C1=C(C)NC2=C(C(=O)CC(c3ccccc3OC)C2)C1c1ccccc1. The summed E-state index contributed by atoms with van der Waals surface area (Å²) in [6.45, 7) is 2.34. The summed E-state index contributed by atoms with van der Waals surface area (Å²) in [6, 6.07) is 17.5. The molecule has 2 aromatic carbocycles. The van der Waals surface area contributed by atoms with Crippen molar-refractivity contribution in [2.24, 2.45) is 0 Å². The van der Waals surface area contributed by atoms with Crippen molar-refractivity contribution in [3.05, 3.63) is 88.3 Å². The molecule has 0 spiro atoms. The van der Waals surface area contributed by atoms with Crippen LogP contribution in [0.15, 0.2) is 77.1 Å². The van der Waals surface area contributed by atoms with E-state index in [9.17, 15) is 9.59 Å². The third-order valence-corrected chi connectivity index (χ3v) is 6.28. The molecule has 33 heavy (non-hydrogen) atoms. The lowest BCUT2D eigenvalue weighted by Crippen LogP contribution is -2.36. The van der Waals surface area contributed by atoms with E-state index in [1.165, 1.54) is 0 Å². The van der Waals surface area contributed by atoms with Gasteiger partial charge in [0, 0.05) is 42.3 Å². The molecule has 6 nitrogen and oxygen atoms in total. The maximum absolute atomic E-state index is 13.6. The number of para-hydroxylation sites is 1. The van der Waals surface area contributed by atoms with Gasteiger partial charge >= 0.3 is 5.97 Å². The zero-order valence-electron chi connectivity index (χ0n) is 19.2. The second-order valence-corrected chi connectivity index (χ2v) is 8.30. The lowest BCUT2D eigenvalue weighted by atomic mass is 9.71. The third kappa shape index (κ3) is 4.57. The molecule has 1 aliphatic heterocycles. The maximum atomic E-state index is 13.6. The van der Waals surface area contributed by atoms with Gasteiger partial charge in [-0.2, -0.15) is 0 Å². The molecule has 2 unspecified atom stereocenters. The summed E-state index contributed by atoms with van der Waals surface area (Å²) in [5.74, 6) is -0.0901. The van der Waals surface area contributed by atoms with Crippen molar-refractivity contribution in [2.75, 3.05) is 27.4 Å². The molecule has 0 saturated heterocycles. The summed E-state index contributed by atoms with van der Waals surface area (Å²) in [4.78, 5) is 26.7. The molecule has 2 aliphatic rings. The average molecular weight is 448 g/mol. The average Bonchev–Trinajstić information content (AvgIpc) is 2.83. The van der Waals surface area contributed by atoms with Crippen LogP contribution in [0.3, 0.4) is 0 Å². The van der Waals surface area contributed by atoms with Gasteiger partial charge in [-0.1, -0.05) is 48.5 Å². The smallest absolute Gasteiger partial charge is 0.336 e. The molecule has 1 heterocycles. The van der Waals surface area contributed by atoms with E-state index in [-0.39, 0.29) is 18.3 Å². The Morgan fingerprint density at radius 1 is 1.00 bits per heavy atom. The topological polar surface area (TPSA) is 73.9 Å². The monoisotopic (exact) mass is 447 g/mol. The summed E-state index contributed by atoms with van der Waals surface area (Å²) in [6.07, 6.45) is 1.02. The first-order valence-electron chi connectivity index (χ1n) is 11.1. The largest absolute Gasteiger partial charge is 0.496 e. The van der Waals surface area contributed by atoms with Crippen molar-refractivity contribution in [3.63, 3.8) is 0 Å². The number of carbonyl (C=O) groups is 2. The molecule has 0 aromatic heterocycles.